The van der Waals surface area contributed by atoms with Gasteiger partial charge in [0.15, 0.2) is 5.76 Å². The standard InChI is InChI=1S/C13H17NO4/c1-8-4-3-6-14(10(8)13(16)17)12(15)11-9(2)5-7-18-11/h5,7-8,10H,3-4,6H2,1-2H3,(H,16,17). The smallest absolute Gasteiger partial charge is 0.326 e. The third-order valence-electron chi connectivity index (χ3n) is 3.50. The predicted molar refractivity (Wildman–Crippen MR) is 64.3 cm³/mol. The second kappa shape index (κ2) is 4.84. The highest BCUT2D eigenvalue weighted by Crippen LogP contribution is 2.26. The van der Waals surface area contributed by atoms with Crippen LogP contribution < -0.4 is 0 Å². The number of piperidine rings is 1. The molecule has 2 atom stereocenters. The zero-order chi connectivity index (χ0) is 13.3. The van der Waals surface area contributed by atoms with E-state index in [1.165, 1.54) is 11.2 Å². The van der Waals surface area contributed by atoms with Crippen LogP contribution in [0.15, 0.2) is 16.7 Å². The third-order valence-corrected chi connectivity index (χ3v) is 3.50. The fourth-order valence-electron chi connectivity index (χ4n) is 2.51. The molecule has 1 aliphatic rings. The zero-order valence-electron chi connectivity index (χ0n) is 10.5. The fourth-order valence-corrected chi connectivity index (χ4v) is 2.51. The van der Waals surface area contributed by atoms with Gasteiger partial charge >= 0.3 is 5.97 Å². The molecular weight excluding hydrogens is 234 g/mol. The summed E-state index contributed by atoms with van der Waals surface area (Å²) in [5.41, 5.74) is 0.738. The second-order valence-corrected chi connectivity index (χ2v) is 4.83. The first-order valence-electron chi connectivity index (χ1n) is 6.10. The molecule has 0 spiro atoms. The van der Waals surface area contributed by atoms with Gasteiger partial charge in [-0.2, -0.15) is 0 Å². The quantitative estimate of drug-likeness (QED) is 0.871. The number of aryl methyl sites for hydroxylation is 1. The molecule has 2 heterocycles. The van der Waals surface area contributed by atoms with Crippen molar-refractivity contribution in [2.24, 2.45) is 5.92 Å². The number of furan rings is 1. The van der Waals surface area contributed by atoms with Crippen molar-refractivity contribution in [2.45, 2.75) is 32.7 Å². The van der Waals surface area contributed by atoms with E-state index >= 15 is 0 Å². The Kier molecular flexibility index (Phi) is 3.41. The largest absolute Gasteiger partial charge is 0.480 e. The van der Waals surface area contributed by atoms with Gasteiger partial charge in [-0.25, -0.2) is 4.79 Å². The average molecular weight is 251 g/mol. The van der Waals surface area contributed by atoms with Gasteiger partial charge in [-0.15, -0.1) is 0 Å². The first-order valence-corrected chi connectivity index (χ1v) is 6.10. The molecule has 1 saturated heterocycles. The molecule has 0 saturated carbocycles. The number of amides is 1. The van der Waals surface area contributed by atoms with E-state index in [-0.39, 0.29) is 17.6 Å². The zero-order valence-corrected chi connectivity index (χ0v) is 10.5. The summed E-state index contributed by atoms with van der Waals surface area (Å²) in [6.07, 6.45) is 3.11. The molecule has 1 fully saturated rings. The van der Waals surface area contributed by atoms with E-state index in [0.717, 1.165) is 18.4 Å². The number of carboxylic acids is 1. The van der Waals surface area contributed by atoms with Crippen molar-refractivity contribution in [1.82, 2.24) is 4.90 Å². The first kappa shape index (κ1) is 12.7. The van der Waals surface area contributed by atoms with E-state index in [4.69, 9.17) is 4.42 Å². The van der Waals surface area contributed by atoms with Crippen molar-refractivity contribution in [3.05, 3.63) is 23.7 Å². The normalized spacial score (nSPS) is 24.0. The van der Waals surface area contributed by atoms with E-state index in [9.17, 15) is 14.7 Å². The summed E-state index contributed by atoms with van der Waals surface area (Å²) in [7, 11) is 0. The van der Waals surface area contributed by atoms with Gasteiger partial charge in [-0.05, 0) is 31.7 Å². The minimum Gasteiger partial charge on any atom is -0.480 e. The molecule has 1 amide bonds. The van der Waals surface area contributed by atoms with Crippen LogP contribution in [0.1, 0.15) is 35.9 Å². The van der Waals surface area contributed by atoms with Crippen LogP contribution in [0.2, 0.25) is 0 Å². The van der Waals surface area contributed by atoms with Crippen LogP contribution in [0.3, 0.4) is 0 Å². The van der Waals surface area contributed by atoms with E-state index < -0.39 is 12.0 Å². The van der Waals surface area contributed by atoms with E-state index in [1.807, 2.05) is 6.92 Å². The highest BCUT2D eigenvalue weighted by Gasteiger charge is 2.38. The van der Waals surface area contributed by atoms with Gasteiger partial charge in [-0.1, -0.05) is 6.92 Å². The minimum atomic E-state index is -0.945. The lowest BCUT2D eigenvalue weighted by molar-refractivity contribution is -0.145. The number of carbonyl (C=O) groups is 2. The Balaban J connectivity index is 2.28. The number of hydrogen-bond acceptors (Lipinski definition) is 3. The summed E-state index contributed by atoms with van der Waals surface area (Å²) in [5.74, 6) is -1.05. The molecule has 0 bridgehead atoms. The summed E-state index contributed by atoms with van der Waals surface area (Å²) in [6, 6.07) is 0.951. The van der Waals surface area contributed by atoms with Gasteiger partial charge in [0.05, 0.1) is 6.26 Å². The maximum atomic E-state index is 12.3. The van der Waals surface area contributed by atoms with Gasteiger partial charge in [-0.3, -0.25) is 4.79 Å². The van der Waals surface area contributed by atoms with Crippen molar-refractivity contribution < 1.29 is 19.1 Å². The van der Waals surface area contributed by atoms with E-state index in [2.05, 4.69) is 0 Å². The van der Waals surface area contributed by atoms with Crippen molar-refractivity contribution in [3.8, 4) is 0 Å². The number of likely N-dealkylation sites (tertiary alicyclic amines) is 1. The van der Waals surface area contributed by atoms with Gasteiger partial charge in [0.1, 0.15) is 6.04 Å². The van der Waals surface area contributed by atoms with Crippen LogP contribution in [0.5, 0.6) is 0 Å². The third kappa shape index (κ3) is 2.12. The van der Waals surface area contributed by atoms with Crippen molar-refractivity contribution in [2.75, 3.05) is 6.54 Å². The minimum absolute atomic E-state index is 0.0320. The Labute approximate surface area is 105 Å². The molecule has 5 nitrogen and oxygen atoms in total. The number of aliphatic carboxylic acids is 1. The molecule has 0 radical (unpaired) electrons. The van der Waals surface area contributed by atoms with E-state index in [0.29, 0.717) is 6.54 Å². The van der Waals surface area contributed by atoms with Crippen LogP contribution in [0.25, 0.3) is 0 Å². The van der Waals surface area contributed by atoms with Crippen LogP contribution >= 0.6 is 0 Å². The lowest BCUT2D eigenvalue weighted by Crippen LogP contribution is -2.51. The highest BCUT2D eigenvalue weighted by molar-refractivity contribution is 5.95. The first-order chi connectivity index (χ1) is 8.52. The summed E-state index contributed by atoms with van der Waals surface area (Å²) in [5, 5.41) is 9.27. The number of nitrogens with zero attached hydrogens (tertiary/aromatic N) is 1. The molecule has 0 aromatic carbocycles. The predicted octanol–water partition coefficient (Wildman–Crippen LogP) is 1.91. The molecule has 1 aliphatic heterocycles. The number of hydrogen-bond donors (Lipinski definition) is 1. The van der Waals surface area contributed by atoms with Gasteiger partial charge < -0.3 is 14.4 Å². The summed E-state index contributed by atoms with van der Waals surface area (Å²) < 4.78 is 5.16. The number of carbonyl (C=O) groups excluding carboxylic acids is 1. The number of carboxylic acid groups (broad SMARTS) is 1. The number of rotatable bonds is 2. The maximum absolute atomic E-state index is 12.3. The Bertz CT molecular complexity index is 465. The average Bonchev–Trinajstić information content (AvgIpc) is 2.73. The Hall–Kier alpha value is -1.78. The maximum Gasteiger partial charge on any atom is 0.326 e. The van der Waals surface area contributed by atoms with Crippen LogP contribution in [0.4, 0.5) is 0 Å². The van der Waals surface area contributed by atoms with Crippen LogP contribution in [-0.2, 0) is 4.79 Å². The van der Waals surface area contributed by atoms with Gasteiger partial charge in [0.2, 0.25) is 0 Å². The molecule has 1 aromatic heterocycles. The Morgan fingerprint density at radius 2 is 2.22 bits per heavy atom. The lowest BCUT2D eigenvalue weighted by atomic mass is 9.90. The molecule has 1 aromatic rings. The van der Waals surface area contributed by atoms with Gasteiger partial charge in [0, 0.05) is 12.1 Å². The lowest BCUT2D eigenvalue weighted by Gasteiger charge is -2.36. The Morgan fingerprint density at radius 3 is 2.78 bits per heavy atom. The molecule has 2 unspecified atom stereocenters. The van der Waals surface area contributed by atoms with Crippen LogP contribution in [0, 0.1) is 12.8 Å². The molecular formula is C13H17NO4. The molecule has 1 N–H and O–H groups in total. The highest BCUT2D eigenvalue weighted by atomic mass is 16.4. The SMILES string of the molecule is Cc1ccoc1C(=O)N1CCCC(C)C1C(=O)O. The second-order valence-electron chi connectivity index (χ2n) is 4.83. The summed E-state index contributed by atoms with van der Waals surface area (Å²) in [4.78, 5) is 25.0. The molecule has 18 heavy (non-hydrogen) atoms. The van der Waals surface area contributed by atoms with Crippen LogP contribution in [-0.4, -0.2) is 34.5 Å². The molecule has 2 rings (SSSR count). The van der Waals surface area contributed by atoms with E-state index in [1.54, 1.807) is 13.0 Å². The summed E-state index contributed by atoms with van der Waals surface area (Å²) >= 11 is 0. The van der Waals surface area contributed by atoms with Crippen molar-refractivity contribution in [1.29, 1.82) is 0 Å². The Morgan fingerprint density at radius 1 is 1.50 bits per heavy atom. The van der Waals surface area contributed by atoms with Gasteiger partial charge in [0.25, 0.3) is 5.91 Å². The molecule has 5 heteroatoms. The monoisotopic (exact) mass is 251 g/mol. The van der Waals surface area contributed by atoms with Crippen molar-refractivity contribution in [3.63, 3.8) is 0 Å². The van der Waals surface area contributed by atoms with Crippen molar-refractivity contribution >= 4 is 11.9 Å². The molecule has 98 valence electrons. The summed E-state index contributed by atoms with van der Waals surface area (Å²) in [6.45, 7) is 4.12. The molecule has 0 aliphatic carbocycles. The fraction of sp³-hybridized carbons (Fsp3) is 0.538. The topological polar surface area (TPSA) is 70.8 Å².